The summed E-state index contributed by atoms with van der Waals surface area (Å²) in [5.74, 6) is 1.21. The number of aryl methyl sites for hydroxylation is 1. The number of unbranched alkanes of at least 4 members (excludes halogenated alkanes) is 2. The molecule has 1 aliphatic rings. The van der Waals surface area contributed by atoms with Gasteiger partial charge >= 0.3 is 0 Å². The van der Waals surface area contributed by atoms with Crippen molar-refractivity contribution in [2.75, 3.05) is 6.61 Å². The molecule has 0 radical (unpaired) electrons. The Hall–Kier alpha value is -2.32. The Kier molecular flexibility index (Phi) is 9.54. The summed E-state index contributed by atoms with van der Waals surface area (Å²) in [5, 5.41) is 1.55. The molecule has 0 atom stereocenters. The van der Waals surface area contributed by atoms with E-state index >= 15 is 0 Å². The van der Waals surface area contributed by atoms with Crippen molar-refractivity contribution in [3.63, 3.8) is 0 Å². The maximum absolute atomic E-state index is 6.99. The Morgan fingerprint density at radius 3 is 1.58 bits per heavy atom. The number of hydrogen-bond acceptors (Lipinski definition) is 1. The van der Waals surface area contributed by atoms with Gasteiger partial charge in [0, 0.05) is 5.54 Å². The fraction of sp³-hybridized carbons (Fsp3) is 0.561. The lowest BCUT2D eigenvalue weighted by Crippen LogP contribution is -2.53. The molecule has 0 saturated heterocycles. The lowest BCUT2D eigenvalue weighted by Gasteiger charge is -2.41. The van der Waals surface area contributed by atoms with Crippen LogP contribution in [0.15, 0.2) is 48.5 Å². The SMILES string of the molecule is CCCCCOc1c(C(C)(C)C)cc(C)cc1[Si](CC)(CC)C1c2cc(C(C)(C)C)ccc2-c2ccc(C(C)(C)C)cc21. The molecule has 0 unspecified atom stereocenters. The summed E-state index contributed by atoms with van der Waals surface area (Å²) >= 11 is 0. The van der Waals surface area contributed by atoms with Crippen LogP contribution in [0.1, 0.15) is 141 Å². The normalized spacial score (nSPS) is 14.2. The van der Waals surface area contributed by atoms with E-state index < -0.39 is 8.07 Å². The average Bonchev–Trinajstić information content (AvgIpc) is 3.25. The lowest BCUT2D eigenvalue weighted by molar-refractivity contribution is 0.300. The number of benzene rings is 3. The molecule has 0 N–H and O–H groups in total. The van der Waals surface area contributed by atoms with E-state index in [0.717, 1.165) is 13.0 Å². The van der Waals surface area contributed by atoms with Crippen LogP contribution in [0, 0.1) is 6.92 Å². The van der Waals surface area contributed by atoms with Gasteiger partial charge in [-0.2, -0.15) is 0 Å². The molecule has 0 saturated carbocycles. The van der Waals surface area contributed by atoms with Crippen molar-refractivity contribution in [3.05, 3.63) is 81.9 Å². The highest BCUT2D eigenvalue weighted by atomic mass is 28.3. The molecule has 0 fully saturated rings. The highest BCUT2D eigenvalue weighted by Gasteiger charge is 2.49. The van der Waals surface area contributed by atoms with Crippen LogP contribution in [-0.4, -0.2) is 14.7 Å². The summed E-state index contributed by atoms with van der Waals surface area (Å²) < 4.78 is 6.99. The Morgan fingerprint density at radius 2 is 1.16 bits per heavy atom. The number of rotatable bonds is 9. The molecular formula is C41H60OSi. The van der Waals surface area contributed by atoms with Gasteiger partial charge in [0.15, 0.2) is 0 Å². The molecule has 0 aliphatic heterocycles. The van der Waals surface area contributed by atoms with Gasteiger partial charge in [-0.25, -0.2) is 0 Å². The van der Waals surface area contributed by atoms with Gasteiger partial charge in [0.25, 0.3) is 0 Å². The van der Waals surface area contributed by atoms with Gasteiger partial charge in [-0.15, -0.1) is 0 Å². The van der Waals surface area contributed by atoms with Crippen LogP contribution >= 0.6 is 0 Å². The van der Waals surface area contributed by atoms with E-state index in [1.54, 1.807) is 16.3 Å². The van der Waals surface area contributed by atoms with Gasteiger partial charge < -0.3 is 4.74 Å². The van der Waals surface area contributed by atoms with Crippen LogP contribution in [0.4, 0.5) is 0 Å². The van der Waals surface area contributed by atoms with Gasteiger partial charge in [-0.3, -0.25) is 0 Å². The first-order chi connectivity index (χ1) is 20.0. The zero-order chi connectivity index (χ0) is 32.0. The Balaban J connectivity index is 2.09. The Morgan fingerprint density at radius 1 is 0.651 bits per heavy atom. The summed E-state index contributed by atoms with van der Waals surface area (Å²) in [6.45, 7) is 31.5. The summed E-state index contributed by atoms with van der Waals surface area (Å²) in [7, 11) is -2.23. The van der Waals surface area contributed by atoms with E-state index in [0.29, 0.717) is 5.54 Å². The number of hydrogen-bond donors (Lipinski definition) is 0. The predicted molar refractivity (Wildman–Crippen MR) is 192 cm³/mol. The molecule has 234 valence electrons. The van der Waals surface area contributed by atoms with Crippen molar-refractivity contribution in [2.24, 2.45) is 0 Å². The molecule has 0 aromatic heterocycles. The van der Waals surface area contributed by atoms with Crippen LogP contribution in [0.2, 0.25) is 12.1 Å². The van der Waals surface area contributed by atoms with Crippen LogP contribution in [0.5, 0.6) is 5.75 Å². The van der Waals surface area contributed by atoms with E-state index in [-0.39, 0.29) is 16.2 Å². The molecule has 0 spiro atoms. The van der Waals surface area contributed by atoms with Crippen molar-refractivity contribution in [1.29, 1.82) is 0 Å². The fourth-order valence-corrected chi connectivity index (χ4v) is 12.6. The standard InChI is InChI=1S/C41H60OSi/c1-14-17-18-23-42-37-35(41(11,12)13)24-28(4)25-36(37)43(15-2,16-3)38-33-26-29(39(5,6)7)19-21-31(33)32-22-20-30(27-34(32)38)40(8,9)10/h19-22,24-27,38H,14-18,23H2,1-13H3. The molecule has 2 heteroatoms. The lowest BCUT2D eigenvalue weighted by atomic mass is 9.85. The van der Waals surface area contributed by atoms with Crippen molar-refractivity contribution in [2.45, 2.75) is 143 Å². The van der Waals surface area contributed by atoms with Crippen LogP contribution in [0.3, 0.4) is 0 Å². The third-order valence-electron chi connectivity index (χ3n) is 10.1. The second kappa shape index (κ2) is 12.2. The first-order valence-electron chi connectivity index (χ1n) is 17.1. The van der Waals surface area contributed by atoms with E-state index in [2.05, 4.69) is 139 Å². The zero-order valence-corrected chi connectivity index (χ0v) is 30.8. The molecule has 0 bridgehead atoms. The first-order valence-corrected chi connectivity index (χ1v) is 19.6. The summed E-state index contributed by atoms with van der Waals surface area (Å²) in [4.78, 5) is 0. The third kappa shape index (κ3) is 6.42. The molecule has 4 rings (SSSR count). The first kappa shape index (κ1) is 33.6. The molecule has 3 aromatic rings. The van der Waals surface area contributed by atoms with E-state index in [1.165, 1.54) is 64.1 Å². The average molecular weight is 597 g/mol. The molecule has 3 aromatic carbocycles. The fourth-order valence-electron chi connectivity index (χ4n) is 7.37. The van der Waals surface area contributed by atoms with Gasteiger partial charge in [0.05, 0.1) is 6.61 Å². The van der Waals surface area contributed by atoms with Gasteiger partial charge in [0.2, 0.25) is 0 Å². The number of ether oxygens (including phenoxy) is 1. The van der Waals surface area contributed by atoms with E-state index in [1.807, 2.05) is 0 Å². The van der Waals surface area contributed by atoms with Gasteiger partial charge in [-0.05, 0) is 73.7 Å². The highest BCUT2D eigenvalue weighted by Crippen LogP contribution is 2.53. The minimum absolute atomic E-state index is 0.00673. The molecule has 1 nitrogen and oxygen atoms in total. The molecule has 1 aliphatic carbocycles. The van der Waals surface area contributed by atoms with Crippen LogP contribution in [0.25, 0.3) is 11.1 Å². The van der Waals surface area contributed by atoms with Gasteiger partial charge in [-0.1, -0.05) is 162 Å². The topological polar surface area (TPSA) is 9.23 Å². The molecular weight excluding hydrogens is 537 g/mol. The summed E-state index contributed by atoms with van der Waals surface area (Å²) in [6, 6.07) is 22.2. The maximum atomic E-state index is 6.99. The predicted octanol–water partition coefficient (Wildman–Crippen LogP) is 11.5. The second-order valence-corrected chi connectivity index (χ2v) is 21.2. The van der Waals surface area contributed by atoms with Crippen LogP contribution < -0.4 is 9.92 Å². The minimum Gasteiger partial charge on any atom is -0.493 e. The molecule has 0 heterocycles. The zero-order valence-electron chi connectivity index (χ0n) is 29.8. The largest absolute Gasteiger partial charge is 0.493 e. The number of fused-ring (bicyclic) bond motifs is 3. The summed E-state index contributed by atoms with van der Waals surface area (Å²) in [6.07, 6.45) is 3.53. The monoisotopic (exact) mass is 596 g/mol. The van der Waals surface area contributed by atoms with E-state index in [9.17, 15) is 0 Å². The highest BCUT2D eigenvalue weighted by molar-refractivity contribution is 6.94. The third-order valence-corrected chi connectivity index (χ3v) is 15.8. The Bertz CT molecular complexity index is 1370. The van der Waals surface area contributed by atoms with Gasteiger partial charge in [0.1, 0.15) is 13.8 Å². The van der Waals surface area contributed by atoms with Crippen LogP contribution in [-0.2, 0) is 16.2 Å². The maximum Gasteiger partial charge on any atom is 0.122 e. The smallest absolute Gasteiger partial charge is 0.122 e. The molecule has 43 heavy (non-hydrogen) atoms. The van der Waals surface area contributed by atoms with Crippen molar-refractivity contribution in [3.8, 4) is 16.9 Å². The minimum atomic E-state index is -2.23. The van der Waals surface area contributed by atoms with E-state index in [4.69, 9.17) is 4.74 Å². The summed E-state index contributed by atoms with van der Waals surface area (Å²) in [5.41, 5.74) is 12.2. The van der Waals surface area contributed by atoms with Crippen molar-refractivity contribution < 1.29 is 4.74 Å². The Labute approximate surface area is 265 Å². The van der Waals surface area contributed by atoms with Crippen molar-refractivity contribution >= 4 is 13.3 Å². The molecule has 0 amide bonds. The quantitative estimate of drug-likeness (QED) is 0.176. The van der Waals surface area contributed by atoms with Crippen molar-refractivity contribution in [1.82, 2.24) is 0 Å². The second-order valence-electron chi connectivity index (χ2n) is 16.4.